The van der Waals surface area contributed by atoms with Gasteiger partial charge in [0.15, 0.2) is 0 Å². The molecule has 5 nitrogen and oxygen atoms in total. The maximum absolute atomic E-state index is 12.4. The molecule has 0 radical (unpaired) electrons. The zero-order valence-corrected chi connectivity index (χ0v) is 17.5. The molecule has 2 aromatic carbocycles. The maximum Gasteiger partial charge on any atom is 0.240 e. The van der Waals surface area contributed by atoms with Crippen molar-refractivity contribution in [1.29, 1.82) is 0 Å². The van der Waals surface area contributed by atoms with Gasteiger partial charge in [-0.05, 0) is 29.8 Å². The molecule has 2 atom stereocenters. The molecule has 0 bridgehead atoms. The summed E-state index contributed by atoms with van der Waals surface area (Å²) in [6.45, 7) is 2.00. The van der Waals surface area contributed by atoms with Gasteiger partial charge >= 0.3 is 0 Å². The van der Waals surface area contributed by atoms with E-state index in [1.165, 1.54) is 0 Å². The highest BCUT2D eigenvalue weighted by Gasteiger charge is 2.27. The summed E-state index contributed by atoms with van der Waals surface area (Å²) in [4.78, 5) is 17.2. The lowest BCUT2D eigenvalue weighted by Gasteiger charge is -2.24. The standard InChI is InChI=1S/C23H21BrN4O/c1-15(16-7-3-2-4-8-16)20(22(25)29)27-23-21(17-10-12-18(24)13-11-17)26-19-9-5-6-14-28(19)23/h2-15,20,27H,1H3,(H2,25,29). The van der Waals surface area contributed by atoms with Gasteiger partial charge in [0.2, 0.25) is 5.91 Å². The Morgan fingerprint density at radius 3 is 2.41 bits per heavy atom. The summed E-state index contributed by atoms with van der Waals surface area (Å²) in [6.07, 6.45) is 1.93. The van der Waals surface area contributed by atoms with Crippen LogP contribution in [0.2, 0.25) is 0 Å². The van der Waals surface area contributed by atoms with Crippen molar-refractivity contribution in [3.05, 3.63) is 89.0 Å². The molecule has 0 aliphatic rings. The Kier molecular flexibility index (Phi) is 5.36. The second kappa shape index (κ2) is 8.09. The number of hydrogen-bond acceptors (Lipinski definition) is 3. The molecule has 4 rings (SSSR count). The van der Waals surface area contributed by atoms with Gasteiger partial charge in [0.1, 0.15) is 23.2 Å². The van der Waals surface area contributed by atoms with Gasteiger partial charge in [-0.25, -0.2) is 4.98 Å². The van der Waals surface area contributed by atoms with Crippen LogP contribution in [0, 0.1) is 0 Å². The van der Waals surface area contributed by atoms with Crippen LogP contribution < -0.4 is 11.1 Å². The Labute approximate surface area is 177 Å². The van der Waals surface area contributed by atoms with E-state index in [1.54, 1.807) is 0 Å². The molecule has 1 amide bonds. The van der Waals surface area contributed by atoms with Gasteiger partial charge < -0.3 is 11.1 Å². The quantitative estimate of drug-likeness (QED) is 0.443. The van der Waals surface area contributed by atoms with Crippen molar-refractivity contribution < 1.29 is 4.79 Å². The van der Waals surface area contributed by atoms with Crippen LogP contribution in [0.25, 0.3) is 16.9 Å². The normalized spacial score (nSPS) is 13.2. The SMILES string of the molecule is CC(c1ccccc1)C(Nc1c(-c2ccc(Br)cc2)nc2ccccn12)C(N)=O. The Hall–Kier alpha value is -3.12. The Bertz CT molecular complexity index is 1140. The predicted molar refractivity (Wildman–Crippen MR) is 120 cm³/mol. The second-order valence-corrected chi connectivity index (χ2v) is 7.88. The predicted octanol–water partition coefficient (Wildman–Crippen LogP) is 4.83. The largest absolute Gasteiger partial charge is 0.368 e. The van der Waals surface area contributed by atoms with Gasteiger partial charge in [-0.1, -0.05) is 71.4 Å². The van der Waals surface area contributed by atoms with E-state index in [4.69, 9.17) is 10.7 Å². The van der Waals surface area contributed by atoms with Crippen LogP contribution in [0.5, 0.6) is 0 Å². The number of carbonyl (C=O) groups excluding carboxylic acids is 1. The van der Waals surface area contributed by atoms with E-state index in [0.717, 1.165) is 32.8 Å². The lowest BCUT2D eigenvalue weighted by Crippen LogP contribution is -2.40. The molecule has 29 heavy (non-hydrogen) atoms. The first kappa shape index (κ1) is 19.2. The number of aromatic nitrogens is 2. The summed E-state index contributed by atoms with van der Waals surface area (Å²) in [5, 5.41) is 3.40. The van der Waals surface area contributed by atoms with Crippen molar-refractivity contribution in [1.82, 2.24) is 9.38 Å². The van der Waals surface area contributed by atoms with Gasteiger partial charge in [-0.2, -0.15) is 0 Å². The van der Waals surface area contributed by atoms with E-state index in [-0.39, 0.29) is 5.92 Å². The molecule has 3 N–H and O–H groups in total. The Morgan fingerprint density at radius 1 is 1.03 bits per heavy atom. The minimum atomic E-state index is -0.591. The van der Waals surface area contributed by atoms with Crippen molar-refractivity contribution in [3.63, 3.8) is 0 Å². The van der Waals surface area contributed by atoms with Crippen LogP contribution in [-0.2, 0) is 4.79 Å². The number of halogens is 1. The number of hydrogen-bond donors (Lipinski definition) is 2. The molecule has 6 heteroatoms. The molecule has 4 aromatic rings. The van der Waals surface area contributed by atoms with E-state index in [0.29, 0.717) is 0 Å². The third-order valence-electron chi connectivity index (χ3n) is 5.07. The van der Waals surface area contributed by atoms with E-state index < -0.39 is 11.9 Å². The molecular weight excluding hydrogens is 428 g/mol. The molecule has 0 fully saturated rings. The molecule has 2 aromatic heterocycles. The number of benzene rings is 2. The molecule has 2 heterocycles. The molecule has 146 valence electrons. The molecule has 0 saturated carbocycles. The van der Waals surface area contributed by atoms with E-state index >= 15 is 0 Å². The van der Waals surface area contributed by atoms with Crippen LogP contribution in [0.1, 0.15) is 18.4 Å². The molecule has 2 unspecified atom stereocenters. The maximum atomic E-state index is 12.4. The summed E-state index contributed by atoms with van der Waals surface area (Å²) >= 11 is 3.47. The van der Waals surface area contributed by atoms with Crippen molar-refractivity contribution in [2.75, 3.05) is 5.32 Å². The number of fused-ring (bicyclic) bond motifs is 1. The minimum Gasteiger partial charge on any atom is -0.368 e. The summed E-state index contributed by atoms with van der Waals surface area (Å²) in [5.41, 5.74) is 9.37. The fraction of sp³-hybridized carbons (Fsp3) is 0.130. The third-order valence-corrected chi connectivity index (χ3v) is 5.60. The first-order valence-electron chi connectivity index (χ1n) is 9.38. The average molecular weight is 449 g/mol. The Morgan fingerprint density at radius 2 is 1.72 bits per heavy atom. The fourth-order valence-electron chi connectivity index (χ4n) is 3.48. The van der Waals surface area contributed by atoms with E-state index in [9.17, 15) is 4.79 Å². The van der Waals surface area contributed by atoms with Crippen molar-refractivity contribution in [2.24, 2.45) is 5.73 Å². The van der Waals surface area contributed by atoms with Crippen LogP contribution in [0.3, 0.4) is 0 Å². The molecule has 0 aliphatic heterocycles. The summed E-state index contributed by atoms with van der Waals surface area (Å²) in [6, 6.07) is 23.1. The average Bonchev–Trinajstić information content (AvgIpc) is 3.11. The van der Waals surface area contributed by atoms with Crippen molar-refractivity contribution in [3.8, 4) is 11.3 Å². The molecule has 0 saturated heterocycles. The number of pyridine rings is 1. The first-order valence-corrected chi connectivity index (χ1v) is 10.2. The highest BCUT2D eigenvalue weighted by Crippen LogP contribution is 2.32. The molecule has 0 aliphatic carbocycles. The van der Waals surface area contributed by atoms with Crippen LogP contribution in [0.4, 0.5) is 5.82 Å². The van der Waals surface area contributed by atoms with Crippen molar-refractivity contribution >= 4 is 33.3 Å². The number of amides is 1. The van der Waals surface area contributed by atoms with Gasteiger partial charge in [-0.15, -0.1) is 0 Å². The fourth-order valence-corrected chi connectivity index (χ4v) is 3.75. The molecular formula is C23H21BrN4O. The van der Waals surface area contributed by atoms with Crippen molar-refractivity contribution in [2.45, 2.75) is 18.9 Å². The number of nitrogens with zero attached hydrogens (tertiary/aromatic N) is 2. The number of anilines is 1. The Balaban J connectivity index is 1.80. The van der Waals surface area contributed by atoms with Crippen LogP contribution in [-0.4, -0.2) is 21.3 Å². The van der Waals surface area contributed by atoms with Gasteiger partial charge in [0, 0.05) is 22.2 Å². The van der Waals surface area contributed by atoms with E-state index in [1.807, 2.05) is 90.3 Å². The second-order valence-electron chi connectivity index (χ2n) is 6.97. The van der Waals surface area contributed by atoms with Crippen LogP contribution >= 0.6 is 15.9 Å². The van der Waals surface area contributed by atoms with Gasteiger partial charge in [0.25, 0.3) is 0 Å². The highest BCUT2D eigenvalue weighted by atomic mass is 79.9. The number of primary amides is 1. The minimum absolute atomic E-state index is 0.110. The van der Waals surface area contributed by atoms with Crippen LogP contribution in [0.15, 0.2) is 83.5 Å². The molecule has 0 spiro atoms. The zero-order valence-electron chi connectivity index (χ0n) is 15.9. The summed E-state index contributed by atoms with van der Waals surface area (Å²) in [5.74, 6) is 0.226. The summed E-state index contributed by atoms with van der Waals surface area (Å²) in [7, 11) is 0. The van der Waals surface area contributed by atoms with Gasteiger partial charge in [0.05, 0.1) is 0 Å². The summed E-state index contributed by atoms with van der Waals surface area (Å²) < 4.78 is 2.94. The lowest BCUT2D eigenvalue weighted by molar-refractivity contribution is -0.119. The number of rotatable bonds is 6. The van der Waals surface area contributed by atoms with E-state index in [2.05, 4.69) is 21.2 Å². The first-order chi connectivity index (χ1) is 14.0. The number of nitrogens with one attached hydrogen (secondary N) is 1. The lowest BCUT2D eigenvalue weighted by atomic mass is 9.92. The number of imidazole rings is 1. The monoisotopic (exact) mass is 448 g/mol. The number of nitrogens with two attached hydrogens (primary N) is 1. The highest BCUT2D eigenvalue weighted by molar-refractivity contribution is 9.10. The zero-order chi connectivity index (χ0) is 20.4. The third kappa shape index (κ3) is 3.89. The van der Waals surface area contributed by atoms with Gasteiger partial charge in [-0.3, -0.25) is 9.20 Å². The smallest absolute Gasteiger partial charge is 0.240 e. The topological polar surface area (TPSA) is 72.4 Å². The number of carbonyl (C=O) groups is 1.